The van der Waals surface area contributed by atoms with Crippen molar-refractivity contribution >= 4 is 21.4 Å². The predicted octanol–water partition coefficient (Wildman–Crippen LogP) is 3.12. The van der Waals surface area contributed by atoms with E-state index in [4.69, 9.17) is 11.6 Å². The minimum absolute atomic E-state index is 0.244. The SMILES string of the molecule is O=S1(=O)CCCCC1C(Cl)c1cnn(-c2ccccc2)c1. The Morgan fingerprint density at radius 2 is 2.00 bits per heavy atom. The minimum atomic E-state index is -3.10. The van der Waals surface area contributed by atoms with Crippen LogP contribution in [-0.4, -0.2) is 29.2 Å². The Balaban J connectivity index is 1.86. The second-order valence-corrected chi connectivity index (χ2v) is 8.17. The number of alkyl halides is 1. The highest BCUT2D eigenvalue weighted by Crippen LogP contribution is 2.35. The lowest BCUT2D eigenvalue weighted by atomic mass is 10.1. The summed E-state index contributed by atoms with van der Waals surface area (Å²) in [4.78, 5) is 0. The lowest BCUT2D eigenvalue weighted by molar-refractivity contribution is 0.534. The van der Waals surface area contributed by atoms with Crippen molar-refractivity contribution in [1.82, 2.24) is 9.78 Å². The highest BCUT2D eigenvalue weighted by molar-refractivity contribution is 7.92. The molecule has 0 spiro atoms. The van der Waals surface area contributed by atoms with Gasteiger partial charge in [0, 0.05) is 11.8 Å². The molecule has 2 unspecified atom stereocenters. The number of nitrogens with zero attached hydrogens (tertiary/aromatic N) is 2. The lowest BCUT2D eigenvalue weighted by Crippen LogP contribution is -2.31. The third kappa shape index (κ3) is 2.99. The molecule has 2 aromatic rings. The van der Waals surface area contributed by atoms with Gasteiger partial charge in [-0.2, -0.15) is 5.10 Å². The summed E-state index contributed by atoms with van der Waals surface area (Å²) in [5.41, 5.74) is 1.69. The third-order valence-electron chi connectivity index (χ3n) is 3.90. The molecule has 0 bridgehead atoms. The largest absolute Gasteiger partial charge is 0.241 e. The first-order chi connectivity index (χ1) is 10.1. The highest BCUT2D eigenvalue weighted by Gasteiger charge is 2.35. The molecule has 0 radical (unpaired) electrons. The van der Waals surface area contributed by atoms with Gasteiger partial charge in [0.1, 0.15) is 0 Å². The molecule has 4 nitrogen and oxygen atoms in total. The van der Waals surface area contributed by atoms with Gasteiger partial charge in [0.05, 0.1) is 28.3 Å². The Bertz CT molecular complexity index is 712. The summed E-state index contributed by atoms with van der Waals surface area (Å²) in [6.07, 6.45) is 5.77. The smallest absolute Gasteiger partial charge is 0.154 e. The van der Waals surface area contributed by atoms with Gasteiger partial charge in [-0.05, 0) is 25.0 Å². The van der Waals surface area contributed by atoms with E-state index in [-0.39, 0.29) is 5.75 Å². The van der Waals surface area contributed by atoms with Crippen LogP contribution in [0.1, 0.15) is 30.2 Å². The first kappa shape index (κ1) is 14.6. The summed E-state index contributed by atoms with van der Waals surface area (Å²) in [5.74, 6) is 0.244. The Morgan fingerprint density at radius 3 is 2.71 bits per heavy atom. The summed E-state index contributed by atoms with van der Waals surface area (Å²) in [6.45, 7) is 0. The molecule has 0 aliphatic carbocycles. The fourth-order valence-corrected chi connectivity index (χ4v) is 5.39. The van der Waals surface area contributed by atoms with Crippen LogP contribution in [0.4, 0.5) is 0 Å². The van der Waals surface area contributed by atoms with Crippen molar-refractivity contribution in [3.8, 4) is 5.69 Å². The minimum Gasteiger partial charge on any atom is -0.241 e. The Kier molecular flexibility index (Phi) is 4.04. The fourth-order valence-electron chi connectivity index (χ4n) is 2.72. The maximum absolute atomic E-state index is 12.2. The molecule has 2 atom stereocenters. The van der Waals surface area contributed by atoms with Crippen LogP contribution in [0.3, 0.4) is 0 Å². The zero-order valence-electron chi connectivity index (χ0n) is 11.5. The van der Waals surface area contributed by atoms with Crippen LogP contribution in [-0.2, 0) is 9.84 Å². The van der Waals surface area contributed by atoms with E-state index in [1.165, 1.54) is 0 Å². The van der Waals surface area contributed by atoms with Crippen molar-refractivity contribution in [3.05, 3.63) is 48.3 Å². The standard InChI is InChI=1S/C15H17ClN2O2S/c16-15(14-8-4-5-9-21(14,19)20)12-10-17-18(11-12)13-6-2-1-3-7-13/h1-3,6-7,10-11,14-15H,4-5,8-9H2. The summed E-state index contributed by atoms with van der Waals surface area (Å²) >= 11 is 6.44. The number of sulfone groups is 1. The molecule has 3 rings (SSSR count). The highest BCUT2D eigenvalue weighted by atomic mass is 35.5. The number of para-hydroxylation sites is 1. The normalized spacial score (nSPS) is 22.8. The number of hydrogen-bond donors (Lipinski definition) is 0. The molecule has 0 N–H and O–H groups in total. The molecule has 1 saturated heterocycles. The van der Waals surface area contributed by atoms with Crippen LogP contribution in [0.25, 0.3) is 5.69 Å². The van der Waals surface area contributed by atoms with Gasteiger partial charge in [0.15, 0.2) is 9.84 Å². The zero-order valence-corrected chi connectivity index (χ0v) is 13.1. The molecule has 2 heterocycles. The van der Waals surface area contributed by atoms with E-state index in [1.807, 2.05) is 36.5 Å². The van der Waals surface area contributed by atoms with Crippen LogP contribution in [0.15, 0.2) is 42.7 Å². The molecule has 21 heavy (non-hydrogen) atoms. The predicted molar refractivity (Wildman–Crippen MR) is 83.6 cm³/mol. The maximum atomic E-state index is 12.2. The molecule has 1 aromatic heterocycles. The zero-order chi connectivity index (χ0) is 14.9. The van der Waals surface area contributed by atoms with Crippen molar-refractivity contribution in [2.24, 2.45) is 0 Å². The van der Waals surface area contributed by atoms with E-state index in [0.29, 0.717) is 6.42 Å². The van der Waals surface area contributed by atoms with Crippen LogP contribution in [0.2, 0.25) is 0 Å². The first-order valence-corrected chi connectivity index (χ1v) is 9.19. The van der Waals surface area contributed by atoms with Gasteiger partial charge in [-0.3, -0.25) is 0 Å². The number of aromatic nitrogens is 2. The fraction of sp³-hybridized carbons (Fsp3) is 0.400. The van der Waals surface area contributed by atoms with Gasteiger partial charge in [-0.15, -0.1) is 11.6 Å². The van der Waals surface area contributed by atoms with Crippen molar-refractivity contribution in [3.63, 3.8) is 0 Å². The van der Waals surface area contributed by atoms with Crippen LogP contribution >= 0.6 is 11.6 Å². The van der Waals surface area contributed by atoms with Crippen LogP contribution in [0.5, 0.6) is 0 Å². The van der Waals surface area contributed by atoms with E-state index in [0.717, 1.165) is 24.1 Å². The quantitative estimate of drug-likeness (QED) is 0.815. The van der Waals surface area contributed by atoms with Crippen molar-refractivity contribution in [1.29, 1.82) is 0 Å². The number of benzene rings is 1. The Morgan fingerprint density at radius 1 is 1.24 bits per heavy atom. The summed E-state index contributed by atoms with van der Waals surface area (Å²) in [7, 11) is -3.10. The van der Waals surface area contributed by atoms with Gasteiger partial charge < -0.3 is 0 Å². The Hall–Kier alpha value is -1.33. The Labute approximate surface area is 129 Å². The molecular formula is C15H17ClN2O2S. The number of rotatable bonds is 3. The second kappa shape index (κ2) is 5.81. The number of hydrogen-bond acceptors (Lipinski definition) is 3. The van der Waals surface area contributed by atoms with Crippen molar-refractivity contribution in [2.45, 2.75) is 29.9 Å². The molecule has 1 aliphatic rings. The summed E-state index contributed by atoms with van der Waals surface area (Å²) in [6, 6.07) is 9.68. The monoisotopic (exact) mass is 324 g/mol. The molecule has 6 heteroatoms. The number of halogens is 1. The van der Waals surface area contributed by atoms with Crippen molar-refractivity contribution < 1.29 is 8.42 Å². The summed E-state index contributed by atoms with van der Waals surface area (Å²) in [5, 5.41) is 3.25. The van der Waals surface area contributed by atoms with E-state index in [2.05, 4.69) is 5.10 Å². The van der Waals surface area contributed by atoms with E-state index < -0.39 is 20.5 Å². The molecule has 0 amide bonds. The average molecular weight is 325 g/mol. The van der Waals surface area contributed by atoms with Crippen molar-refractivity contribution in [2.75, 3.05) is 5.75 Å². The molecule has 0 saturated carbocycles. The van der Waals surface area contributed by atoms with Gasteiger partial charge >= 0.3 is 0 Å². The van der Waals surface area contributed by atoms with E-state index >= 15 is 0 Å². The van der Waals surface area contributed by atoms with E-state index in [1.54, 1.807) is 10.9 Å². The van der Waals surface area contributed by atoms with Crippen LogP contribution < -0.4 is 0 Å². The molecule has 112 valence electrons. The average Bonchev–Trinajstić information content (AvgIpc) is 2.97. The van der Waals surface area contributed by atoms with E-state index in [9.17, 15) is 8.42 Å². The molecule has 1 aliphatic heterocycles. The molecular weight excluding hydrogens is 308 g/mol. The molecule has 1 aromatic carbocycles. The van der Waals surface area contributed by atoms with Gasteiger partial charge in [-0.1, -0.05) is 24.6 Å². The van der Waals surface area contributed by atoms with Gasteiger partial charge in [0.25, 0.3) is 0 Å². The first-order valence-electron chi connectivity index (χ1n) is 7.03. The third-order valence-corrected chi connectivity index (χ3v) is 6.89. The second-order valence-electron chi connectivity index (χ2n) is 5.36. The summed E-state index contributed by atoms with van der Waals surface area (Å²) < 4.78 is 26.0. The lowest BCUT2D eigenvalue weighted by Gasteiger charge is -2.25. The topological polar surface area (TPSA) is 52.0 Å². The van der Waals surface area contributed by atoms with Gasteiger partial charge in [0.2, 0.25) is 0 Å². The molecule has 1 fully saturated rings. The maximum Gasteiger partial charge on any atom is 0.154 e. The van der Waals surface area contributed by atoms with Crippen LogP contribution in [0, 0.1) is 0 Å². The van der Waals surface area contributed by atoms with Gasteiger partial charge in [-0.25, -0.2) is 13.1 Å².